The Morgan fingerprint density at radius 1 is 0.735 bits per heavy atom. The van der Waals surface area contributed by atoms with Gasteiger partial charge >= 0.3 is 69.9 Å². The summed E-state index contributed by atoms with van der Waals surface area (Å²) in [5.41, 5.74) is -4.04. The number of hydrogen-bond acceptors (Lipinski definition) is 10. The third-order valence-corrected chi connectivity index (χ3v) is 9.70. The largest absolute Gasteiger partial charge is 0.456 e. The van der Waals surface area contributed by atoms with Crippen LogP contribution < -0.4 is 9.50 Å². The van der Waals surface area contributed by atoms with Crippen LogP contribution in [-0.2, 0) is 35.1 Å². The first-order chi connectivity index (χ1) is 21.5. The number of benzene rings is 1. The van der Waals surface area contributed by atoms with Gasteiger partial charge in [-0.25, -0.2) is 4.79 Å². The van der Waals surface area contributed by atoms with Crippen LogP contribution in [0.25, 0.3) is 0 Å². The van der Waals surface area contributed by atoms with E-state index in [-0.39, 0.29) is 31.0 Å². The summed E-state index contributed by atoms with van der Waals surface area (Å²) >= 11 is 0. The highest BCUT2D eigenvalue weighted by molar-refractivity contribution is 7.89. The number of nitrogens with one attached hydrogen (secondary N) is 1. The molecule has 0 spiro atoms. The van der Waals surface area contributed by atoms with E-state index in [0.29, 0.717) is 12.8 Å². The van der Waals surface area contributed by atoms with Crippen LogP contribution in [0.1, 0.15) is 53.3 Å². The maximum atomic E-state index is 14.3. The van der Waals surface area contributed by atoms with Gasteiger partial charge in [-0.15, -0.1) is 0 Å². The van der Waals surface area contributed by atoms with E-state index in [4.69, 9.17) is 13.8 Å². The van der Waals surface area contributed by atoms with Crippen molar-refractivity contribution in [2.45, 2.75) is 71.7 Å². The molecule has 2 rings (SSSR count). The summed E-state index contributed by atoms with van der Waals surface area (Å²) < 4.78 is 258. The number of esters is 1. The van der Waals surface area contributed by atoms with E-state index in [0.717, 1.165) is 5.32 Å². The number of amides is 1. The fourth-order valence-electron chi connectivity index (χ4n) is 3.85. The standard InChI is InChI=1S/C21H19F12NO12S3/c1-15(4-2-3-5-15)45-14(36)11-6-10(13(35)34-9-16(22,23)17(24,25)19(28,29)47(37,38)39)7-12(8-11)46-49(43,44)21(32,33)18(26,27)20(30,31)48(40,41)42/h6-8H,2-5,9H2,1H3,(H,34,35)(H,37,38,39)(H,40,41,42). The van der Waals surface area contributed by atoms with Gasteiger partial charge in [0.15, 0.2) is 0 Å². The molecule has 0 aromatic heterocycles. The predicted molar refractivity (Wildman–Crippen MR) is 133 cm³/mol. The molecule has 1 aromatic carbocycles. The van der Waals surface area contributed by atoms with Crippen molar-refractivity contribution >= 4 is 42.2 Å². The minimum Gasteiger partial charge on any atom is -0.456 e. The van der Waals surface area contributed by atoms with Crippen LogP contribution in [0.4, 0.5) is 52.7 Å². The van der Waals surface area contributed by atoms with Gasteiger partial charge in [0.2, 0.25) is 0 Å². The van der Waals surface area contributed by atoms with Crippen molar-refractivity contribution in [3.63, 3.8) is 0 Å². The predicted octanol–water partition coefficient (Wildman–Crippen LogP) is 4.07. The molecule has 13 nitrogen and oxygen atoms in total. The molecular formula is C21H19F12NO12S3. The Morgan fingerprint density at radius 2 is 1.16 bits per heavy atom. The van der Waals surface area contributed by atoms with Crippen molar-refractivity contribution < 1.29 is 106 Å². The third kappa shape index (κ3) is 7.51. The van der Waals surface area contributed by atoms with Crippen molar-refractivity contribution in [3.05, 3.63) is 29.3 Å². The van der Waals surface area contributed by atoms with E-state index in [1.54, 1.807) is 0 Å². The van der Waals surface area contributed by atoms with Gasteiger partial charge in [0, 0.05) is 5.56 Å². The van der Waals surface area contributed by atoms with Crippen LogP contribution in [-0.4, -0.2) is 91.9 Å². The Hall–Kier alpha value is -3.11. The monoisotopic (exact) mass is 801 g/mol. The summed E-state index contributed by atoms with van der Waals surface area (Å²) in [5, 5.41) is -20.6. The van der Waals surface area contributed by atoms with Crippen molar-refractivity contribution in [2.75, 3.05) is 6.54 Å². The summed E-state index contributed by atoms with van der Waals surface area (Å²) in [6.45, 7) is -1.64. The van der Waals surface area contributed by atoms with Gasteiger partial charge < -0.3 is 14.2 Å². The van der Waals surface area contributed by atoms with Crippen LogP contribution in [0.15, 0.2) is 18.2 Å². The SMILES string of the molecule is CC1(OC(=O)c2cc(OS(=O)(=O)C(F)(F)C(F)(F)C(F)(F)S(=O)(=O)O)cc(C(=O)NCC(F)(F)C(F)(F)C(F)(F)S(=O)(=O)O)c2)CCCC1. The molecule has 28 heteroatoms. The number of alkyl halides is 12. The number of ether oxygens (including phenoxy) is 1. The number of hydrogen-bond donors (Lipinski definition) is 3. The molecule has 0 bridgehead atoms. The topological polar surface area (TPSA) is 208 Å². The van der Waals surface area contributed by atoms with Gasteiger partial charge in [0.25, 0.3) is 5.91 Å². The molecule has 49 heavy (non-hydrogen) atoms. The van der Waals surface area contributed by atoms with Crippen LogP contribution >= 0.6 is 0 Å². The first kappa shape index (κ1) is 42.1. The molecule has 1 aliphatic carbocycles. The second-order valence-corrected chi connectivity index (χ2v) is 14.9. The lowest BCUT2D eigenvalue weighted by atomic mass is 10.0. The van der Waals surface area contributed by atoms with Crippen LogP contribution in [0.3, 0.4) is 0 Å². The highest BCUT2D eigenvalue weighted by Gasteiger charge is 2.83. The van der Waals surface area contributed by atoms with Gasteiger partial charge in [-0.3, -0.25) is 13.9 Å². The second-order valence-electron chi connectivity index (χ2n) is 10.4. The second kappa shape index (κ2) is 12.6. The number of carbonyl (C=O) groups excluding carboxylic acids is 2. The molecule has 1 amide bonds. The van der Waals surface area contributed by atoms with Crippen LogP contribution in [0, 0.1) is 0 Å². The molecule has 0 unspecified atom stereocenters. The fourth-order valence-corrected chi connectivity index (χ4v) is 5.74. The van der Waals surface area contributed by atoms with Crippen molar-refractivity contribution in [1.29, 1.82) is 0 Å². The van der Waals surface area contributed by atoms with Gasteiger partial charge in [-0.05, 0) is 50.8 Å². The molecular weight excluding hydrogens is 782 g/mol. The first-order valence-electron chi connectivity index (χ1n) is 12.3. The molecule has 1 fully saturated rings. The Kier molecular flexibility index (Phi) is 10.8. The third-order valence-electron chi connectivity index (χ3n) is 6.60. The molecule has 0 saturated heterocycles. The number of rotatable bonds is 14. The van der Waals surface area contributed by atoms with E-state index in [1.807, 2.05) is 0 Å². The lowest BCUT2D eigenvalue weighted by molar-refractivity contribution is -0.277. The summed E-state index contributed by atoms with van der Waals surface area (Å²) in [6.07, 6.45) is 1.20. The Labute approximate surface area is 266 Å². The normalized spacial score (nSPS) is 17.0. The molecule has 3 N–H and O–H groups in total. The highest BCUT2D eigenvalue weighted by atomic mass is 32.2. The van der Waals surface area contributed by atoms with Gasteiger partial charge in [-0.1, -0.05) is 0 Å². The minimum atomic E-state index is -7.62. The highest BCUT2D eigenvalue weighted by Crippen LogP contribution is 2.51. The smallest absolute Gasteiger partial charge is 0.450 e. The van der Waals surface area contributed by atoms with Gasteiger partial charge in [-0.2, -0.15) is 77.9 Å². The maximum Gasteiger partial charge on any atom is 0.450 e. The van der Waals surface area contributed by atoms with Crippen molar-refractivity contribution in [2.24, 2.45) is 0 Å². The average Bonchev–Trinajstić information content (AvgIpc) is 3.35. The molecule has 0 radical (unpaired) electrons. The Morgan fingerprint density at radius 3 is 1.61 bits per heavy atom. The maximum absolute atomic E-state index is 14.3. The van der Waals surface area contributed by atoms with E-state index >= 15 is 0 Å². The van der Waals surface area contributed by atoms with E-state index in [1.165, 1.54) is 6.92 Å². The number of carbonyl (C=O) groups is 2. The van der Waals surface area contributed by atoms with Crippen molar-refractivity contribution in [3.8, 4) is 5.75 Å². The Bertz CT molecular complexity index is 1810. The first-order valence-corrected chi connectivity index (χ1v) is 16.6. The molecule has 1 aliphatic rings. The Balaban J connectivity index is 2.61. The lowest BCUT2D eigenvalue weighted by Gasteiger charge is -2.30. The minimum absolute atomic E-state index is 0.0143. The molecule has 0 heterocycles. The summed E-state index contributed by atoms with van der Waals surface area (Å²) in [6, 6.07) is -0.0591. The summed E-state index contributed by atoms with van der Waals surface area (Å²) in [4.78, 5) is 25.2. The molecule has 0 aliphatic heterocycles. The summed E-state index contributed by atoms with van der Waals surface area (Å²) in [7, 11) is -22.3. The molecule has 1 saturated carbocycles. The van der Waals surface area contributed by atoms with E-state index in [2.05, 4.69) is 4.18 Å². The van der Waals surface area contributed by atoms with Gasteiger partial charge in [0.05, 0.1) is 12.1 Å². The fraction of sp³-hybridized carbons (Fsp3) is 0.619. The molecule has 282 valence electrons. The van der Waals surface area contributed by atoms with Crippen LogP contribution in [0.2, 0.25) is 0 Å². The zero-order valence-electron chi connectivity index (χ0n) is 23.5. The van der Waals surface area contributed by atoms with Crippen LogP contribution in [0.5, 0.6) is 5.75 Å². The number of halogens is 12. The molecule has 0 atom stereocenters. The lowest BCUT2D eigenvalue weighted by Crippen LogP contribution is -2.61. The molecule has 1 aromatic rings. The van der Waals surface area contributed by atoms with Crippen molar-refractivity contribution in [1.82, 2.24) is 5.32 Å². The van der Waals surface area contributed by atoms with E-state index < -0.39 is 105 Å². The summed E-state index contributed by atoms with van der Waals surface area (Å²) in [5.74, 6) is -26.6. The van der Waals surface area contributed by atoms with Gasteiger partial charge in [0.1, 0.15) is 11.4 Å². The van der Waals surface area contributed by atoms with E-state index in [9.17, 15) is 87.5 Å². The quantitative estimate of drug-likeness (QED) is 0.105. The average molecular weight is 802 g/mol. The zero-order valence-corrected chi connectivity index (χ0v) is 26.0. The zero-order chi connectivity index (χ0) is 38.7.